The van der Waals surface area contributed by atoms with Crippen LogP contribution in [-0.4, -0.2) is 60.9 Å². The van der Waals surface area contributed by atoms with E-state index in [2.05, 4.69) is 0 Å². The van der Waals surface area contributed by atoms with Crippen molar-refractivity contribution in [3.8, 4) is 0 Å². The molecule has 0 bridgehead atoms. The van der Waals surface area contributed by atoms with Gasteiger partial charge in [-0.05, 0) is 37.5 Å². The number of hydrogen-bond donors (Lipinski definition) is 0. The van der Waals surface area contributed by atoms with Crippen molar-refractivity contribution in [1.29, 1.82) is 0 Å². The highest BCUT2D eigenvalue weighted by molar-refractivity contribution is 5.86. The average molecular weight is 364 g/mol. The molecule has 0 radical (unpaired) electrons. The summed E-state index contributed by atoms with van der Waals surface area (Å²) in [7, 11) is 1.56. The summed E-state index contributed by atoms with van der Waals surface area (Å²) >= 11 is 0. The highest BCUT2D eigenvalue weighted by atomic mass is 19.1. The molecule has 26 heavy (non-hydrogen) atoms. The van der Waals surface area contributed by atoms with Gasteiger partial charge >= 0.3 is 5.97 Å². The van der Waals surface area contributed by atoms with E-state index in [1.807, 2.05) is 6.07 Å². The largest absolute Gasteiger partial charge is 0.465 e. The number of piperidine rings is 1. The first-order chi connectivity index (χ1) is 12.4. The number of benzene rings is 1. The quantitative estimate of drug-likeness (QED) is 0.690. The van der Waals surface area contributed by atoms with Crippen LogP contribution in [0.3, 0.4) is 0 Å². The first-order valence-corrected chi connectivity index (χ1v) is 8.83. The van der Waals surface area contributed by atoms with E-state index in [9.17, 15) is 18.8 Å². The van der Waals surface area contributed by atoms with Crippen molar-refractivity contribution in [2.75, 3.05) is 33.3 Å². The number of rotatable bonds is 7. The SMILES string of the molecule is CCOC(=O)CN(C)C(=O)[C@@H]1CCC(=O)N(CCc2cccc(F)c2)C1. The summed E-state index contributed by atoms with van der Waals surface area (Å²) in [5.74, 6) is -1.25. The molecule has 1 fully saturated rings. The Kier molecular flexibility index (Phi) is 7.12. The van der Waals surface area contributed by atoms with E-state index in [4.69, 9.17) is 4.74 Å². The number of ether oxygens (including phenoxy) is 1. The number of carbonyl (C=O) groups is 3. The second-order valence-corrected chi connectivity index (χ2v) is 6.45. The van der Waals surface area contributed by atoms with E-state index in [-0.39, 0.29) is 36.7 Å². The molecule has 0 N–H and O–H groups in total. The molecule has 1 aliphatic rings. The van der Waals surface area contributed by atoms with Gasteiger partial charge in [-0.3, -0.25) is 14.4 Å². The van der Waals surface area contributed by atoms with Gasteiger partial charge in [0.2, 0.25) is 11.8 Å². The molecule has 0 spiro atoms. The Labute approximate surface area is 152 Å². The van der Waals surface area contributed by atoms with Crippen LogP contribution in [-0.2, 0) is 25.5 Å². The summed E-state index contributed by atoms with van der Waals surface area (Å²) < 4.78 is 18.1. The first kappa shape index (κ1) is 19.9. The van der Waals surface area contributed by atoms with Crippen LogP contribution in [0.15, 0.2) is 24.3 Å². The maximum atomic E-state index is 13.3. The van der Waals surface area contributed by atoms with Crippen LogP contribution in [0.25, 0.3) is 0 Å². The smallest absolute Gasteiger partial charge is 0.325 e. The zero-order valence-corrected chi connectivity index (χ0v) is 15.2. The van der Waals surface area contributed by atoms with Gasteiger partial charge in [-0.1, -0.05) is 12.1 Å². The van der Waals surface area contributed by atoms with E-state index >= 15 is 0 Å². The number of amides is 2. The van der Waals surface area contributed by atoms with Gasteiger partial charge in [0.05, 0.1) is 12.5 Å². The molecule has 0 saturated carbocycles. The number of hydrogen-bond acceptors (Lipinski definition) is 4. The minimum absolute atomic E-state index is 0.00139. The molecule has 0 aliphatic carbocycles. The van der Waals surface area contributed by atoms with Gasteiger partial charge in [0.15, 0.2) is 0 Å². The maximum absolute atomic E-state index is 13.3. The van der Waals surface area contributed by atoms with Crippen LogP contribution in [0.4, 0.5) is 4.39 Å². The molecule has 142 valence electrons. The van der Waals surface area contributed by atoms with Crippen LogP contribution in [0.1, 0.15) is 25.3 Å². The Morgan fingerprint density at radius 1 is 1.38 bits per heavy atom. The van der Waals surface area contributed by atoms with Crippen LogP contribution in [0.2, 0.25) is 0 Å². The highest BCUT2D eigenvalue weighted by Crippen LogP contribution is 2.20. The van der Waals surface area contributed by atoms with Crippen molar-refractivity contribution in [2.45, 2.75) is 26.2 Å². The molecule has 7 heteroatoms. The van der Waals surface area contributed by atoms with Crippen molar-refractivity contribution in [1.82, 2.24) is 9.80 Å². The molecule has 0 aromatic heterocycles. The molecule has 2 rings (SSSR count). The Balaban J connectivity index is 1.90. The molecule has 1 aromatic rings. The fraction of sp³-hybridized carbons (Fsp3) is 0.526. The third kappa shape index (κ3) is 5.54. The topological polar surface area (TPSA) is 66.9 Å². The Morgan fingerprint density at radius 3 is 2.85 bits per heavy atom. The third-order valence-electron chi connectivity index (χ3n) is 4.46. The second-order valence-electron chi connectivity index (χ2n) is 6.45. The number of likely N-dealkylation sites (N-methyl/N-ethyl adjacent to an activating group) is 1. The fourth-order valence-corrected chi connectivity index (χ4v) is 3.08. The van der Waals surface area contributed by atoms with E-state index < -0.39 is 5.97 Å². The lowest BCUT2D eigenvalue weighted by Gasteiger charge is -2.33. The molecule has 2 amide bonds. The Morgan fingerprint density at radius 2 is 2.15 bits per heavy atom. The van der Waals surface area contributed by atoms with Crippen molar-refractivity contribution in [3.05, 3.63) is 35.6 Å². The summed E-state index contributed by atoms with van der Waals surface area (Å²) in [4.78, 5) is 39.2. The van der Waals surface area contributed by atoms with Gasteiger partial charge < -0.3 is 14.5 Å². The molecule has 0 unspecified atom stereocenters. The van der Waals surface area contributed by atoms with Gasteiger partial charge in [0.1, 0.15) is 12.4 Å². The van der Waals surface area contributed by atoms with E-state index in [0.29, 0.717) is 32.4 Å². The monoisotopic (exact) mass is 364 g/mol. The summed E-state index contributed by atoms with van der Waals surface area (Å²) in [6.45, 7) is 2.64. The molecule has 1 saturated heterocycles. The summed E-state index contributed by atoms with van der Waals surface area (Å²) in [5, 5.41) is 0. The van der Waals surface area contributed by atoms with Gasteiger partial charge in [0, 0.05) is 26.6 Å². The lowest BCUT2D eigenvalue weighted by atomic mass is 9.95. The fourth-order valence-electron chi connectivity index (χ4n) is 3.08. The van der Waals surface area contributed by atoms with Crippen molar-refractivity contribution >= 4 is 17.8 Å². The minimum atomic E-state index is -0.446. The number of halogens is 1. The standard InChI is InChI=1S/C19H25FN2O4/c1-3-26-18(24)13-21(2)19(25)15-7-8-17(23)22(12-15)10-9-14-5-4-6-16(20)11-14/h4-6,11,15H,3,7-10,12-13H2,1-2H3/t15-/m1/s1. The second kappa shape index (κ2) is 9.31. The van der Waals surface area contributed by atoms with E-state index in [0.717, 1.165) is 5.56 Å². The van der Waals surface area contributed by atoms with Gasteiger partial charge in [0.25, 0.3) is 0 Å². The van der Waals surface area contributed by atoms with Crippen LogP contribution in [0, 0.1) is 11.7 Å². The van der Waals surface area contributed by atoms with Gasteiger partial charge in [-0.15, -0.1) is 0 Å². The predicted octanol–water partition coefficient (Wildman–Crippen LogP) is 1.63. The van der Waals surface area contributed by atoms with E-state index in [1.54, 1.807) is 24.9 Å². The molecular formula is C19H25FN2O4. The van der Waals surface area contributed by atoms with Crippen molar-refractivity contribution in [2.24, 2.45) is 5.92 Å². The normalized spacial score (nSPS) is 17.1. The number of nitrogens with zero attached hydrogens (tertiary/aromatic N) is 2. The summed E-state index contributed by atoms with van der Waals surface area (Å²) in [5.41, 5.74) is 0.811. The van der Waals surface area contributed by atoms with Crippen LogP contribution < -0.4 is 0 Å². The molecule has 1 heterocycles. The van der Waals surface area contributed by atoms with Crippen LogP contribution in [0.5, 0.6) is 0 Å². The number of esters is 1. The molecule has 1 aromatic carbocycles. The van der Waals surface area contributed by atoms with Crippen molar-refractivity contribution in [3.63, 3.8) is 0 Å². The lowest BCUT2D eigenvalue weighted by molar-refractivity contribution is -0.151. The predicted molar refractivity (Wildman–Crippen MR) is 93.7 cm³/mol. The van der Waals surface area contributed by atoms with E-state index in [1.165, 1.54) is 17.0 Å². The number of likely N-dealkylation sites (tertiary alicyclic amines) is 1. The number of carbonyl (C=O) groups excluding carboxylic acids is 3. The van der Waals surface area contributed by atoms with Gasteiger partial charge in [-0.2, -0.15) is 0 Å². The minimum Gasteiger partial charge on any atom is -0.465 e. The maximum Gasteiger partial charge on any atom is 0.325 e. The first-order valence-electron chi connectivity index (χ1n) is 8.83. The van der Waals surface area contributed by atoms with Crippen LogP contribution >= 0.6 is 0 Å². The average Bonchev–Trinajstić information content (AvgIpc) is 2.60. The van der Waals surface area contributed by atoms with Gasteiger partial charge in [-0.25, -0.2) is 4.39 Å². The lowest BCUT2D eigenvalue weighted by Crippen LogP contribution is -2.47. The van der Waals surface area contributed by atoms with Crippen molar-refractivity contribution < 1.29 is 23.5 Å². The third-order valence-corrected chi connectivity index (χ3v) is 4.46. The molecular weight excluding hydrogens is 339 g/mol. The highest BCUT2D eigenvalue weighted by Gasteiger charge is 2.32. The summed E-state index contributed by atoms with van der Waals surface area (Å²) in [6.07, 6.45) is 1.30. The Bertz CT molecular complexity index is 665. The Hall–Kier alpha value is -2.44. The molecule has 1 aliphatic heterocycles. The zero-order valence-electron chi connectivity index (χ0n) is 15.2. The zero-order chi connectivity index (χ0) is 19.1. The molecule has 1 atom stereocenters. The summed E-state index contributed by atoms with van der Waals surface area (Å²) in [6, 6.07) is 6.28. The molecule has 6 nitrogen and oxygen atoms in total.